The highest BCUT2D eigenvalue weighted by Gasteiger charge is 2.05. The maximum Gasteiger partial charge on any atom is 0.339 e. The van der Waals surface area contributed by atoms with Gasteiger partial charge in [0.2, 0.25) is 0 Å². The molecule has 0 amide bonds. The Kier molecular flexibility index (Phi) is 2.59. The zero-order valence-corrected chi connectivity index (χ0v) is 7.07. The van der Waals surface area contributed by atoms with E-state index < -0.39 is 5.97 Å². The number of pyridine rings is 1. The Labute approximate surface area is 75.0 Å². The van der Waals surface area contributed by atoms with Crippen LogP contribution < -0.4 is 5.73 Å². The first-order chi connectivity index (χ1) is 6.15. The lowest BCUT2D eigenvalue weighted by Crippen LogP contribution is -2.13. The molecule has 0 bridgehead atoms. The number of carbonyl (C=O) groups is 1. The van der Waals surface area contributed by atoms with Crippen LogP contribution in [0, 0.1) is 5.41 Å². The van der Waals surface area contributed by atoms with Crippen LogP contribution in [0.15, 0.2) is 18.3 Å². The standard InChI is InChI=1S/C8H9N3O2/c1-13-8(12)5-2-3-6(7(9)10)11-4-5/h2-4H,1H3,(H3,9,10). The first-order valence-electron chi connectivity index (χ1n) is 3.54. The Bertz CT molecular complexity index is 332. The molecule has 1 rings (SSSR count). The smallest absolute Gasteiger partial charge is 0.339 e. The van der Waals surface area contributed by atoms with Gasteiger partial charge in [0.1, 0.15) is 11.5 Å². The van der Waals surface area contributed by atoms with E-state index in [1.54, 1.807) is 0 Å². The number of hydrogen-bond donors (Lipinski definition) is 2. The number of nitrogens with one attached hydrogen (secondary N) is 1. The molecule has 5 heteroatoms. The topological polar surface area (TPSA) is 89.1 Å². The molecule has 0 radical (unpaired) electrons. The highest BCUT2D eigenvalue weighted by molar-refractivity contribution is 5.94. The summed E-state index contributed by atoms with van der Waals surface area (Å²) in [4.78, 5) is 14.7. The summed E-state index contributed by atoms with van der Waals surface area (Å²) in [7, 11) is 1.29. The molecule has 0 aliphatic heterocycles. The molecule has 0 aromatic carbocycles. The highest BCUT2D eigenvalue weighted by atomic mass is 16.5. The van der Waals surface area contributed by atoms with E-state index in [1.165, 1.54) is 25.4 Å². The van der Waals surface area contributed by atoms with Gasteiger partial charge in [0.05, 0.1) is 12.7 Å². The molecular formula is C8H9N3O2. The van der Waals surface area contributed by atoms with Crippen LogP contribution in [-0.4, -0.2) is 23.9 Å². The van der Waals surface area contributed by atoms with Gasteiger partial charge in [0, 0.05) is 6.20 Å². The summed E-state index contributed by atoms with van der Waals surface area (Å²) in [5.74, 6) is -0.584. The minimum Gasteiger partial charge on any atom is -0.465 e. The summed E-state index contributed by atoms with van der Waals surface area (Å²) in [6.07, 6.45) is 1.32. The first kappa shape index (κ1) is 9.18. The molecule has 0 saturated heterocycles. The average molecular weight is 179 g/mol. The van der Waals surface area contributed by atoms with E-state index in [0.29, 0.717) is 11.3 Å². The van der Waals surface area contributed by atoms with E-state index in [4.69, 9.17) is 11.1 Å². The summed E-state index contributed by atoms with van der Waals surface area (Å²) in [5.41, 5.74) is 5.86. The van der Waals surface area contributed by atoms with E-state index in [1.807, 2.05) is 0 Å². The molecule has 0 aliphatic carbocycles. The predicted octanol–water partition coefficient (Wildman–Crippen LogP) is 0.152. The third-order valence-corrected chi connectivity index (χ3v) is 1.46. The second-order valence-corrected chi connectivity index (χ2v) is 2.34. The number of rotatable bonds is 2. The fourth-order valence-corrected chi connectivity index (χ4v) is 0.792. The average Bonchev–Trinajstić information content (AvgIpc) is 2.17. The fraction of sp³-hybridized carbons (Fsp3) is 0.125. The highest BCUT2D eigenvalue weighted by Crippen LogP contribution is 2.00. The number of carbonyl (C=O) groups excluding carboxylic acids is 1. The summed E-state index contributed by atoms with van der Waals surface area (Å²) < 4.78 is 4.47. The van der Waals surface area contributed by atoms with Crippen LogP contribution in [0.2, 0.25) is 0 Å². The molecule has 0 unspecified atom stereocenters. The molecule has 0 atom stereocenters. The Hall–Kier alpha value is -1.91. The molecule has 68 valence electrons. The molecule has 1 aromatic rings. The molecule has 0 saturated carbocycles. The van der Waals surface area contributed by atoms with Crippen molar-refractivity contribution in [2.45, 2.75) is 0 Å². The van der Waals surface area contributed by atoms with E-state index >= 15 is 0 Å². The maximum atomic E-state index is 10.9. The van der Waals surface area contributed by atoms with Gasteiger partial charge < -0.3 is 10.5 Å². The lowest BCUT2D eigenvalue weighted by atomic mass is 10.2. The summed E-state index contributed by atoms with van der Waals surface area (Å²) in [6, 6.07) is 3.00. The van der Waals surface area contributed by atoms with E-state index in [9.17, 15) is 4.79 Å². The van der Waals surface area contributed by atoms with Gasteiger partial charge in [-0.05, 0) is 12.1 Å². The SMILES string of the molecule is COC(=O)c1ccc(C(=N)N)nc1. The summed E-state index contributed by atoms with van der Waals surface area (Å²) in [5, 5.41) is 7.06. The number of aromatic nitrogens is 1. The minimum atomic E-state index is -0.456. The Morgan fingerprint density at radius 1 is 1.62 bits per heavy atom. The number of nitrogens with two attached hydrogens (primary N) is 1. The largest absolute Gasteiger partial charge is 0.465 e. The van der Waals surface area contributed by atoms with Crippen LogP contribution in [0.1, 0.15) is 16.1 Å². The number of nitrogens with zero attached hydrogens (tertiary/aromatic N) is 1. The van der Waals surface area contributed by atoms with Crippen molar-refractivity contribution in [1.82, 2.24) is 4.98 Å². The van der Waals surface area contributed by atoms with Gasteiger partial charge in [0.15, 0.2) is 0 Å². The zero-order chi connectivity index (χ0) is 9.84. The van der Waals surface area contributed by atoms with E-state index in [-0.39, 0.29) is 5.84 Å². The third kappa shape index (κ3) is 2.02. The Balaban J connectivity index is 2.93. The molecule has 0 aliphatic rings. The molecule has 1 aromatic heterocycles. The predicted molar refractivity (Wildman–Crippen MR) is 46.6 cm³/mol. The lowest BCUT2D eigenvalue weighted by Gasteiger charge is -1.99. The fourth-order valence-electron chi connectivity index (χ4n) is 0.792. The minimum absolute atomic E-state index is 0.128. The van der Waals surface area contributed by atoms with Crippen LogP contribution in [0.5, 0.6) is 0 Å². The molecule has 0 fully saturated rings. The molecule has 1 heterocycles. The quantitative estimate of drug-likeness (QED) is 0.384. The monoisotopic (exact) mass is 179 g/mol. The molecule has 13 heavy (non-hydrogen) atoms. The Morgan fingerprint density at radius 3 is 2.69 bits per heavy atom. The molecule has 0 spiro atoms. The number of esters is 1. The van der Waals surface area contributed by atoms with Gasteiger partial charge in [-0.3, -0.25) is 10.4 Å². The number of nitrogen functional groups attached to an aromatic ring is 1. The van der Waals surface area contributed by atoms with Crippen molar-refractivity contribution in [1.29, 1.82) is 5.41 Å². The first-order valence-corrected chi connectivity index (χ1v) is 3.54. The van der Waals surface area contributed by atoms with Crippen LogP contribution in [-0.2, 0) is 4.74 Å². The number of hydrogen-bond acceptors (Lipinski definition) is 4. The van der Waals surface area contributed by atoms with Crippen molar-refractivity contribution in [3.8, 4) is 0 Å². The van der Waals surface area contributed by atoms with Crippen molar-refractivity contribution in [3.05, 3.63) is 29.6 Å². The van der Waals surface area contributed by atoms with Crippen molar-refractivity contribution >= 4 is 11.8 Å². The third-order valence-electron chi connectivity index (χ3n) is 1.46. The van der Waals surface area contributed by atoms with Gasteiger partial charge in [-0.15, -0.1) is 0 Å². The summed E-state index contributed by atoms with van der Waals surface area (Å²) >= 11 is 0. The summed E-state index contributed by atoms with van der Waals surface area (Å²) in [6.45, 7) is 0. The number of ether oxygens (including phenoxy) is 1. The van der Waals surface area contributed by atoms with Crippen LogP contribution in [0.25, 0.3) is 0 Å². The van der Waals surface area contributed by atoms with Crippen molar-refractivity contribution in [3.63, 3.8) is 0 Å². The van der Waals surface area contributed by atoms with Gasteiger partial charge in [-0.2, -0.15) is 0 Å². The van der Waals surface area contributed by atoms with Gasteiger partial charge >= 0.3 is 5.97 Å². The van der Waals surface area contributed by atoms with Gasteiger partial charge in [-0.1, -0.05) is 0 Å². The second kappa shape index (κ2) is 3.66. The maximum absolute atomic E-state index is 10.9. The van der Waals surface area contributed by atoms with Crippen LogP contribution in [0.4, 0.5) is 0 Å². The van der Waals surface area contributed by atoms with E-state index in [0.717, 1.165) is 0 Å². The van der Waals surface area contributed by atoms with Gasteiger partial charge in [-0.25, -0.2) is 4.79 Å². The second-order valence-electron chi connectivity index (χ2n) is 2.34. The Morgan fingerprint density at radius 2 is 2.31 bits per heavy atom. The molecule has 3 N–H and O–H groups in total. The van der Waals surface area contributed by atoms with Crippen LogP contribution in [0.3, 0.4) is 0 Å². The van der Waals surface area contributed by atoms with Crippen molar-refractivity contribution < 1.29 is 9.53 Å². The lowest BCUT2D eigenvalue weighted by molar-refractivity contribution is 0.0600. The van der Waals surface area contributed by atoms with Gasteiger partial charge in [0.25, 0.3) is 0 Å². The molecular weight excluding hydrogens is 170 g/mol. The number of methoxy groups -OCH3 is 1. The normalized spacial score (nSPS) is 9.31. The van der Waals surface area contributed by atoms with E-state index in [2.05, 4.69) is 9.72 Å². The number of amidine groups is 1. The zero-order valence-electron chi connectivity index (χ0n) is 7.07. The molecule has 5 nitrogen and oxygen atoms in total. The van der Waals surface area contributed by atoms with Crippen LogP contribution >= 0.6 is 0 Å². The van der Waals surface area contributed by atoms with Crippen molar-refractivity contribution in [2.75, 3.05) is 7.11 Å². The van der Waals surface area contributed by atoms with Crippen molar-refractivity contribution in [2.24, 2.45) is 5.73 Å².